The molecule has 2 aromatic rings. The Bertz CT molecular complexity index is 546. The van der Waals surface area contributed by atoms with Crippen molar-refractivity contribution in [1.29, 1.82) is 0 Å². The summed E-state index contributed by atoms with van der Waals surface area (Å²) in [6.07, 6.45) is 0.527. The average molecular weight is 287 g/mol. The Morgan fingerprint density at radius 1 is 1.28 bits per heavy atom. The third-order valence-corrected chi connectivity index (χ3v) is 4.56. The maximum Gasteiger partial charge on any atom is 0.144 e. The molecular weight excluding hydrogens is 276 g/mol. The molecule has 2 nitrogen and oxygen atoms in total. The third kappa shape index (κ3) is 2.94. The summed E-state index contributed by atoms with van der Waals surface area (Å²) >= 11 is 1.53. The van der Waals surface area contributed by atoms with Crippen LogP contribution >= 0.6 is 11.3 Å². The molecule has 18 heavy (non-hydrogen) atoms. The van der Waals surface area contributed by atoms with E-state index in [0.717, 1.165) is 17.7 Å². The Morgan fingerprint density at radius 2 is 1.94 bits per heavy atom. The summed E-state index contributed by atoms with van der Waals surface area (Å²) in [6.45, 7) is 0. The zero-order chi connectivity index (χ0) is 13.1. The second kappa shape index (κ2) is 5.58. The number of rotatable bonds is 4. The lowest BCUT2D eigenvalue weighted by atomic mass is 10.3. The first-order valence-electron chi connectivity index (χ1n) is 5.22. The highest BCUT2D eigenvalue weighted by Gasteiger charge is 2.16. The van der Waals surface area contributed by atoms with Crippen molar-refractivity contribution < 1.29 is 13.0 Å². The summed E-state index contributed by atoms with van der Waals surface area (Å²) in [7, 11) is -1.70. The number of benzene rings is 1. The molecular formula is C12H11F2NOS2. The van der Waals surface area contributed by atoms with Gasteiger partial charge in [0.25, 0.3) is 0 Å². The molecule has 0 fully saturated rings. The fraction of sp³-hybridized carbons (Fsp3) is 0.167. The van der Waals surface area contributed by atoms with Crippen LogP contribution in [0.4, 0.5) is 14.5 Å². The highest BCUT2D eigenvalue weighted by molar-refractivity contribution is 7.85. The summed E-state index contributed by atoms with van der Waals surface area (Å²) in [5.41, 5.74) is 6.31. The zero-order valence-electron chi connectivity index (χ0n) is 9.36. The smallest absolute Gasteiger partial charge is 0.144 e. The van der Waals surface area contributed by atoms with Crippen molar-refractivity contribution in [3.63, 3.8) is 0 Å². The number of thiophene rings is 1. The SMILES string of the molecule is Nc1cc(F)c(S(=O)CCc2ccsc2)c(F)c1. The van der Waals surface area contributed by atoms with Gasteiger partial charge in [-0.1, -0.05) is 0 Å². The van der Waals surface area contributed by atoms with E-state index in [0.29, 0.717) is 6.42 Å². The van der Waals surface area contributed by atoms with Gasteiger partial charge in [0.2, 0.25) is 0 Å². The second-order valence-electron chi connectivity index (χ2n) is 3.74. The Kier molecular flexibility index (Phi) is 4.08. The molecule has 96 valence electrons. The number of anilines is 1. The number of hydrogen-bond donors (Lipinski definition) is 1. The van der Waals surface area contributed by atoms with Crippen LogP contribution in [0.3, 0.4) is 0 Å². The molecule has 0 radical (unpaired) electrons. The molecule has 0 bridgehead atoms. The second-order valence-corrected chi connectivity index (χ2v) is 6.03. The van der Waals surface area contributed by atoms with Gasteiger partial charge in [0.15, 0.2) is 0 Å². The van der Waals surface area contributed by atoms with Crippen molar-refractivity contribution in [1.82, 2.24) is 0 Å². The molecule has 1 aromatic carbocycles. The van der Waals surface area contributed by atoms with E-state index in [1.807, 2.05) is 16.8 Å². The van der Waals surface area contributed by atoms with Crippen LogP contribution in [0.25, 0.3) is 0 Å². The first-order chi connectivity index (χ1) is 8.58. The first kappa shape index (κ1) is 13.2. The number of aryl methyl sites for hydroxylation is 1. The largest absolute Gasteiger partial charge is 0.399 e. The lowest BCUT2D eigenvalue weighted by molar-refractivity contribution is 0.535. The van der Waals surface area contributed by atoms with Crippen LogP contribution < -0.4 is 5.73 Å². The van der Waals surface area contributed by atoms with E-state index in [-0.39, 0.29) is 16.3 Å². The van der Waals surface area contributed by atoms with E-state index < -0.39 is 22.4 Å². The predicted octanol–water partition coefficient (Wildman–Crippen LogP) is 2.96. The van der Waals surface area contributed by atoms with Gasteiger partial charge in [0.05, 0.1) is 10.8 Å². The number of nitrogens with two attached hydrogens (primary N) is 1. The molecule has 2 N–H and O–H groups in total. The molecule has 0 amide bonds. The van der Waals surface area contributed by atoms with E-state index in [1.54, 1.807) is 0 Å². The van der Waals surface area contributed by atoms with Crippen LogP contribution in [0.2, 0.25) is 0 Å². The van der Waals surface area contributed by atoms with Crippen molar-refractivity contribution in [2.45, 2.75) is 11.3 Å². The third-order valence-electron chi connectivity index (χ3n) is 2.40. The number of hydrogen-bond acceptors (Lipinski definition) is 3. The molecule has 6 heteroatoms. The van der Waals surface area contributed by atoms with Gasteiger partial charge in [-0.2, -0.15) is 11.3 Å². The zero-order valence-corrected chi connectivity index (χ0v) is 11.0. The minimum atomic E-state index is -1.70. The molecule has 0 aliphatic carbocycles. The standard InChI is InChI=1S/C12H11F2NOS2/c13-10-5-9(15)6-11(14)12(10)18(16)4-2-8-1-3-17-7-8/h1,3,5-7H,2,4,15H2. The van der Waals surface area contributed by atoms with E-state index in [2.05, 4.69) is 0 Å². The normalized spacial score (nSPS) is 12.6. The quantitative estimate of drug-likeness (QED) is 0.879. The summed E-state index contributed by atoms with van der Waals surface area (Å²) in [5, 5.41) is 3.83. The van der Waals surface area contributed by atoms with Gasteiger partial charge < -0.3 is 5.73 Å². The van der Waals surface area contributed by atoms with Crippen LogP contribution in [0.1, 0.15) is 5.56 Å². The number of nitrogen functional groups attached to an aromatic ring is 1. The molecule has 2 rings (SSSR count). The first-order valence-corrected chi connectivity index (χ1v) is 7.48. The van der Waals surface area contributed by atoms with Crippen molar-refractivity contribution in [3.8, 4) is 0 Å². The monoisotopic (exact) mass is 287 g/mol. The fourth-order valence-electron chi connectivity index (χ4n) is 1.54. The van der Waals surface area contributed by atoms with Crippen LogP contribution in [0.15, 0.2) is 33.9 Å². The summed E-state index contributed by atoms with van der Waals surface area (Å²) in [6, 6.07) is 3.87. The maximum absolute atomic E-state index is 13.5. The Balaban J connectivity index is 2.14. The molecule has 1 unspecified atom stereocenters. The summed E-state index contributed by atoms with van der Waals surface area (Å²) in [5.74, 6) is -1.51. The van der Waals surface area contributed by atoms with Crippen molar-refractivity contribution in [3.05, 3.63) is 46.2 Å². The molecule has 0 aliphatic rings. The van der Waals surface area contributed by atoms with Gasteiger partial charge in [-0.05, 0) is 40.9 Å². The molecule has 0 saturated heterocycles. The highest BCUT2D eigenvalue weighted by atomic mass is 32.2. The summed E-state index contributed by atoms with van der Waals surface area (Å²) in [4.78, 5) is -0.389. The van der Waals surface area contributed by atoms with E-state index in [4.69, 9.17) is 5.73 Å². The minimum absolute atomic E-state index is 0.0106. The summed E-state index contributed by atoms with van der Waals surface area (Å²) < 4.78 is 38.9. The Hall–Kier alpha value is -1.27. The van der Waals surface area contributed by atoms with Gasteiger partial charge in [-0.3, -0.25) is 4.21 Å². The Labute approximate surface area is 110 Å². The molecule has 0 aliphatic heterocycles. The molecule has 0 spiro atoms. The molecule has 1 heterocycles. The average Bonchev–Trinajstić information content (AvgIpc) is 2.77. The van der Waals surface area contributed by atoms with Crippen LogP contribution in [0.5, 0.6) is 0 Å². The molecule has 1 atom stereocenters. The fourth-order valence-corrected chi connectivity index (χ4v) is 3.43. The highest BCUT2D eigenvalue weighted by Crippen LogP contribution is 2.21. The predicted molar refractivity (Wildman–Crippen MR) is 70.1 cm³/mol. The van der Waals surface area contributed by atoms with Crippen molar-refractivity contribution in [2.24, 2.45) is 0 Å². The van der Waals surface area contributed by atoms with Gasteiger partial charge >= 0.3 is 0 Å². The van der Waals surface area contributed by atoms with Gasteiger partial charge in [-0.15, -0.1) is 0 Å². The van der Waals surface area contributed by atoms with Gasteiger partial charge in [0.1, 0.15) is 16.5 Å². The topological polar surface area (TPSA) is 43.1 Å². The van der Waals surface area contributed by atoms with E-state index >= 15 is 0 Å². The van der Waals surface area contributed by atoms with Crippen LogP contribution in [-0.2, 0) is 17.2 Å². The van der Waals surface area contributed by atoms with Crippen LogP contribution in [-0.4, -0.2) is 9.96 Å². The number of halogens is 2. The van der Waals surface area contributed by atoms with E-state index in [1.165, 1.54) is 11.3 Å². The van der Waals surface area contributed by atoms with Crippen LogP contribution in [0, 0.1) is 11.6 Å². The lowest BCUT2D eigenvalue weighted by Gasteiger charge is -2.06. The maximum atomic E-state index is 13.5. The van der Waals surface area contributed by atoms with Gasteiger partial charge in [-0.25, -0.2) is 8.78 Å². The van der Waals surface area contributed by atoms with Crippen molar-refractivity contribution in [2.75, 3.05) is 11.5 Å². The van der Waals surface area contributed by atoms with E-state index in [9.17, 15) is 13.0 Å². The van der Waals surface area contributed by atoms with Crippen molar-refractivity contribution >= 4 is 27.8 Å². The lowest BCUT2D eigenvalue weighted by Crippen LogP contribution is -2.06. The Morgan fingerprint density at radius 3 is 2.50 bits per heavy atom. The molecule has 0 saturated carbocycles. The molecule has 1 aromatic heterocycles. The minimum Gasteiger partial charge on any atom is -0.399 e. The van der Waals surface area contributed by atoms with Gasteiger partial charge in [0, 0.05) is 11.4 Å².